The quantitative estimate of drug-likeness (QED) is 0.682. The van der Waals surface area contributed by atoms with Crippen LogP contribution in [-0.4, -0.2) is 47.4 Å². The van der Waals surface area contributed by atoms with E-state index < -0.39 is 17.8 Å². The Morgan fingerprint density at radius 3 is 2.28 bits per heavy atom. The van der Waals surface area contributed by atoms with Crippen LogP contribution in [0, 0.1) is 0 Å². The fourth-order valence-corrected chi connectivity index (χ4v) is 2.24. The molecule has 2 aliphatic heterocycles. The summed E-state index contributed by atoms with van der Waals surface area (Å²) in [7, 11) is 0. The van der Waals surface area contributed by atoms with Crippen molar-refractivity contribution >= 4 is 17.8 Å². The number of rotatable bonds is 4. The Morgan fingerprint density at radius 2 is 1.67 bits per heavy atom. The van der Waals surface area contributed by atoms with E-state index in [1.54, 1.807) is 0 Å². The van der Waals surface area contributed by atoms with Gasteiger partial charge in [0.1, 0.15) is 0 Å². The standard InChI is InChI=1S/C12H18N2O4/c15-10-4-5-11(16)14(10)18-12(17)6-9-13-7-2-1-3-8-13/h1-9H2. The van der Waals surface area contributed by atoms with Crippen LogP contribution in [0.4, 0.5) is 0 Å². The lowest BCUT2D eigenvalue weighted by Crippen LogP contribution is -2.35. The van der Waals surface area contributed by atoms with Gasteiger partial charge >= 0.3 is 5.97 Å². The van der Waals surface area contributed by atoms with Gasteiger partial charge in [0.05, 0.1) is 6.42 Å². The second-order valence-corrected chi connectivity index (χ2v) is 4.70. The molecule has 0 saturated carbocycles. The average Bonchev–Trinajstić information content (AvgIpc) is 2.69. The van der Waals surface area contributed by atoms with Crippen LogP contribution in [0.3, 0.4) is 0 Å². The average molecular weight is 254 g/mol. The number of nitrogens with zero attached hydrogens (tertiary/aromatic N) is 2. The SMILES string of the molecule is O=C(CCN1CCCCC1)ON1C(=O)CCC1=O. The third kappa shape index (κ3) is 3.29. The fourth-order valence-electron chi connectivity index (χ4n) is 2.24. The number of hydrogen-bond acceptors (Lipinski definition) is 5. The maximum Gasteiger partial charge on any atom is 0.334 e. The zero-order valence-electron chi connectivity index (χ0n) is 10.4. The number of hydroxylamine groups is 2. The van der Waals surface area contributed by atoms with E-state index in [0.717, 1.165) is 25.9 Å². The minimum Gasteiger partial charge on any atom is -0.330 e. The van der Waals surface area contributed by atoms with Gasteiger partial charge in [-0.2, -0.15) is 0 Å². The summed E-state index contributed by atoms with van der Waals surface area (Å²) in [5, 5.41) is 0.610. The predicted molar refractivity (Wildman–Crippen MR) is 62.1 cm³/mol. The molecule has 2 rings (SSSR count). The molecule has 2 aliphatic rings. The van der Waals surface area contributed by atoms with Crippen molar-refractivity contribution in [3.63, 3.8) is 0 Å². The molecular formula is C12H18N2O4. The topological polar surface area (TPSA) is 66.9 Å². The van der Waals surface area contributed by atoms with Crippen molar-refractivity contribution in [1.82, 2.24) is 9.96 Å². The molecule has 2 saturated heterocycles. The molecule has 0 aliphatic carbocycles. The van der Waals surface area contributed by atoms with E-state index in [2.05, 4.69) is 4.90 Å². The second-order valence-electron chi connectivity index (χ2n) is 4.70. The van der Waals surface area contributed by atoms with Gasteiger partial charge in [-0.3, -0.25) is 9.59 Å². The Kier molecular flexibility index (Phi) is 4.30. The summed E-state index contributed by atoms with van der Waals surface area (Å²) in [4.78, 5) is 41.0. The van der Waals surface area contributed by atoms with Crippen LogP contribution in [0.1, 0.15) is 38.5 Å². The Labute approximate surface area is 106 Å². The summed E-state index contributed by atoms with van der Waals surface area (Å²) >= 11 is 0. The van der Waals surface area contributed by atoms with E-state index in [1.165, 1.54) is 6.42 Å². The minimum atomic E-state index is -0.510. The van der Waals surface area contributed by atoms with Crippen LogP contribution in [0.15, 0.2) is 0 Å². The lowest BCUT2D eigenvalue weighted by atomic mass is 10.1. The van der Waals surface area contributed by atoms with Crippen LogP contribution >= 0.6 is 0 Å². The molecule has 2 heterocycles. The number of piperidine rings is 1. The Bertz CT molecular complexity index is 334. The van der Waals surface area contributed by atoms with Gasteiger partial charge in [-0.25, -0.2) is 4.79 Å². The molecule has 0 aromatic rings. The molecule has 0 aromatic carbocycles. The molecule has 0 unspecified atom stereocenters. The Balaban J connectivity index is 1.71. The number of amides is 2. The highest BCUT2D eigenvalue weighted by atomic mass is 16.7. The van der Waals surface area contributed by atoms with Crippen LogP contribution < -0.4 is 0 Å². The summed E-state index contributed by atoms with van der Waals surface area (Å²) in [6.45, 7) is 2.65. The van der Waals surface area contributed by atoms with E-state index >= 15 is 0 Å². The number of carbonyl (C=O) groups excluding carboxylic acids is 3. The number of carbonyl (C=O) groups is 3. The first-order chi connectivity index (χ1) is 8.66. The van der Waals surface area contributed by atoms with Crippen molar-refractivity contribution < 1.29 is 19.2 Å². The van der Waals surface area contributed by atoms with Crippen LogP contribution in [0.5, 0.6) is 0 Å². The highest BCUT2D eigenvalue weighted by Crippen LogP contribution is 2.13. The normalized spacial score (nSPS) is 21.4. The van der Waals surface area contributed by atoms with Gasteiger partial charge in [0.2, 0.25) is 0 Å². The molecule has 18 heavy (non-hydrogen) atoms. The Morgan fingerprint density at radius 1 is 1.06 bits per heavy atom. The molecule has 100 valence electrons. The predicted octanol–water partition coefficient (Wildman–Crippen LogP) is 0.470. The minimum absolute atomic E-state index is 0.137. The molecular weight excluding hydrogens is 236 g/mol. The second kappa shape index (κ2) is 5.95. The molecule has 2 amide bonds. The molecule has 0 N–H and O–H groups in total. The van der Waals surface area contributed by atoms with E-state index in [9.17, 15) is 14.4 Å². The van der Waals surface area contributed by atoms with Crippen molar-refractivity contribution in [3.05, 3.63) is 0 Å². The monoisotopic (exact) mass is 254 g/mol. The summed E-state index contributed by atoms with van der Waals surface area (Å²) < 4.78 is 0. The van der Waals surface area contributed by atoms with Crippen LogP contribution in [0.25, 0.3) is 0 Å². The van der Waals surface area contributed by atoms with Crippen molar-refractivity contribution in [2.24, 2.45) is 0 Å². The van der Waals surface area contributed by atoms with Gasteiger partial charge in [-0.1, -0.05) is 6.42 Å². The number of likely N-dealkylation sites (tertiary alicyclic amines) is 1. The van der Waals surface area contributed by atoms with Crippen molar-refractivity contribution in [1.29, 1.82) is 0 Å². The summed E-state index contributed by atoms with van der Waals surface area (Å²) in [6.07, 6.45) is 4.07. The molecule has 0 radical (unpaired) electrons. The maximum atomic E-state index is 11.5. The smallest absolute Gasteiger partial charge is 0.330 e. The van der Waals surface area contributed by atoms with Crippen LogP contribution in [0.2, 0.25) is 0 Å². The Hall–Kier alpha value is -1.43. The van der Waals surface area contributed by atoms with E-state index in [-0.39, 0.29) is 19.3 Å². The number of imide groups is 1. The highest BCUT2D eigenvalue weighted by molar-refractivity contribution is 6.01. The van der Waals surface area contributed by atoms with Gasteiger partial charge in [0, 0.05) is 19.4 Å². The first-order valence-electron chi connectivity index (χ1n) is 6.46. The molecule has 0 spiro atoms. The van der Waals surface area contributed by atoms with Gasteiger partial charge in [0.25, 0.3) is 11.8 Å². The summed E-state index contributed by atoms with van der Waals surface area (Å²) in [5.41, 5.74) is 0. The highest BCUT2D eigenvalue weighted by Gasteiger charge is 2.32. The van der Waals surface area contributed by atoms with Gasteiger partial charge in [-0.05, 0) is 25.9 Å². The van der Waals surface area contributed by atoms with E-state index in [4.69, 9.17) is 4.84 Å². The molecule has 0 bridgehead atoms. The number of hydrogen-bond donors (Lipinski definition) is 0. The van der Waals surface area contributed by atoms with Crippen molar-refractivity contribution in [2.45, 2.75) is 38.5 Å². The maximum absolute atomic E-state index is 11.5. The largest absolute Gasteiger partial charge is 0.334 e. The zero-order chi connectivity index (χ0) is 13.0. The molecule has 6 nitrogen and oxygen atoms in total. The lowest BCUT2D eigenvalue weighted by molar-refractivity contribution is -0.197. The van der Waals surface area contributed by atoms with Gasteiger partial charge in [0.15, 0.2) is 0 Å². The van der Waals surface area contributed by atoms with Crippen molar-refractivity contribution in [2.75, 3.05) is 19.6 Å². The van der Waals surface area contributed by atoms with Gasteiger partial charge < -0.3 is 9.74 Å². The molecule has 6 heteroatoms. The zero-order valence-corrected chi connectivity index (χ0v) is 10.4. The molecule has 0 atom stereocenters. The first kappa shape index (κ1) is 13.0. The molecule has 2 fully saturated rings. The summed E-state index contributed by atoms with van der Waals surface area (Å²) in [6, 6.07) is 0. The third-order valence-electron chi connectivity index (χ3n) is 3.28. The third-order valence-corrected chi connectivity index (χ3v) is 3.28. The van der Waals surface area contributed by atoms with Crippen LogP contribution in [-0.2, 0) is 19.2 Å². The van der Waals surface area contributed by atoms with Gasteiger partial charge in [-0.15, -0.1) is 5.06 Å². The van der Waals surface area contributed by atoms with E-state index in [1.807, 2.05) is 0 Å². The first-order valence-corrected chi connectivity index (χ1v) is 6.46. The molecule has 0 aromatic heterocycles. The van der Waals surface area contributed by atoms with Crippen molar-refractivity contribution in [3.8, 4) is 0 Å². The summed E-state index contributed by atoms with van der Waals surface area (Å²) in [5.74, 6) is -1.36. The lowest BCUT2D eigenvalue weighted by Gasteiger charge is -2.25. The fraction of sp³-hybridized carbons (Fsp3) is 0.750. The van der Waals surface area contributed by atoms with E-state index in [0.29, 0.717) is 11.6 Å².